The molecule has 35 heavy (non-hydrogen) atoms. The second-order valence-electron chi connectivity index (χ2n) is 7.71. The summed E-state index contributed by atoms with van der Waals surface area (Å²) in [6.45, 7) is 4.98. The third kappa shape index (κ3) is 4.81. The first-order valence-electron chi connectivity index (χ1n) is 10.9. The molecule has 1 atom stereocenters. The molecule has 4 rings (SSSR count). The molecule has 1 aliphatic rings. The fraction of sp³-hybridized carbons (Fsp3) is 0.231. The predicted octanol–water partition coefficient (Wildman–Crippen LogP) is 2.73. The zero-order valence-electron chi connectivity index (χ0n) is 19.7. The Labute approximate surface area is 205 Å². The van der Waals surface area contributed by atoms with Crippen LogP contribution in [0.1, 0.15) is 37.9 Å². The summed E-state index contributed by atoms with van der Waals surface area (Å²) in [5.41, 5.74) is 1.77. The van der Waals surface area contributed by atoms with E-state index in [1.54, 1.807) is 63.4 Å². The van der Waals surface area contributed by atoms with Crippen LogP contribution in [0.15, 0.2) is 69.6 Å². The molecule has 1 aromatic heterocycles. The molecular formula is C26H24N2O6S. The summed E-state index contributed by atoms with van der Waals surface area (Å²) >= 11 is 1.20. The van der Waals surface area contributed by atoms with E-state index in [1.807, 2.05) is 12.1 Å². The third-order valence-corrected chi connectivity index (χ3v) is 6.39. The lowest BCUT2D eigenvalue weighted by Gasteiger charge is -2.24. The highest BCUT2D eigenvalue weighted by molar-refractivity contribution is 7.07. The summed E-state index contributed by atoms with van der Waals surface area (Å²) in [6, 6.07) is 13.4. The van der Waals surface area contributed by atoms with Crippen molar-refractivity contribution in [3.8, 4) is 11.5 Å². The van der Waals surface area contributed by atoms with Crippen LogP contribution in [0.3, 0.4) is 0 Å². The minimum absolute atomic E-state index is 0.197. The number of rotatable bonds is 6. The van der Waals surface area contributed by atoms with Crippen LogP contribution in [-0.2, 0) is 14.3 Å². The van der Waals surface area contributed by atoms with Gasteiger partial charge in [0.05, 0.1) is 35.6 Å². The Hall–Kier alpha value is -3.98. The van der Waals surface area contributed by atoms with Gasteiger partial charge in [0.2, 0.25) is 0 Å². The molecule has 3 aromatic rings. The molecular weight excluding hydrogens is 468 g/mol. The van der Waals surface area contributed by atoms with Gasteiger partial charge in [-0.25, -0.2) is 9.79 Å². The second kappa shape index (κ2) is 10.1. The molecule has 0 saturated heterocycles. The van der Waals surface area contributed by atoms with Gasteiger partial charge in [0, 0.05) is 12.5 Å². The number of esters is 2. The van der Waals surface area contributed by atoms with Gasteiger partial charge in [0.1, 0.15) is 11.5 Å². The second-order valence-corrected chi connectivity index (χ2v) is 8.72. The smallest absolute Gasteiger partial charge is 0.338 e. The summed E-state index contributed by atoms with van der Waals surface area (Å²) in [6.07, 6.45) is 1.66. The van der Waals surface area contributed by atoms with Gasteiger partial charge < -0.3 is 14.2 Å². The van der Waals surface area contributed by atoms with Crippen LogP contribution in [0.25, 0.3) is 6.08 Å². The molecule has 0 bridgehead atoms. The number of hydrogen-bond acceptors (Lipinski definition) is 8. The van der Waals surface area contributed by atoms with Crippen LogP contribution in [0.5, 0.6) is 11.5 Å². The van der Waals surface area contributed by atoms with Gasteiger partial charge in [-0.1, -0.05) is 41.7 Å². The van der Waals surface area contributed by atoms with Gasteiger partial charge in [-0.05, 0) is 43.7 Å². The molecule has 0 radical (unpaired) electrons. The van der Waals surface area contributed by atoms with Crippen LogP contribution in [0.4, 0.5) is 0 Å². The van der Waals surface area contributed by atoms with Crippen LogP contribution in [0, 0.1) is 0 Å². The van der Waals surface area contributed by atoms with Gasteiger partial charge in [-0.2, -0.15) is 0 Å². The summed E-state index contributed by atoms with van der Waals surface area (Å²) in [7, 11) is 1.57. The zero-order valence-corrected chi connectivity index (χ0v) is 20.5. The maximum Gasteiger partial charge on any atom is 0.338 e. The molecule has 2 heterocycles. The van der Waals surface area contributed by atoms with E-state index in [4.69, 9.17) is 14.2 Å². The lowest BCUT2D eigenvalue weighted by Crippen LogP contribution is -2.39. The van der Waals surface area contributed by atoms with E-state index < -0.39 is 18.0 Å². The maximum atomic E-state index is 13.7. The molecule has 0 unspecified atom stereocenters. The predicted molar refractivity (Wildman–Crippen MR) is 131 cm³/mol. The first-order chi connectivity index (χ1) is 16.8. The van der Waals surface area contributed by atoms with E-state index in [9.17, 15) is 14.4 Å². The van der Waals surface area contributed by atoms with Crippen molar-refractivity contribution in [3.05, 3.63) is 90.6 Å². The number of ether oxygens (including phenoxy) is 3. The van der Waals surface area contributed by atoms with Crippen molar-refractivity contribution < 1.29 is 23.8 Å². The Morgan fingerprint density at radius 1 is 1.14 bits per heavy atom. The number of aromatic nitrogens is 1. The Balaban J connectivity index is 1.93. The van der Waals surface area contributed by atoms with E-state index in [-0.39, 0.29) is 12.2 Å². The Morgan fingerprint density at radius 2 is 1.86 bits per heavy atom. The zero-order chi connectivity index (χ0) is 25.1. The quantitative estimate of drug-likeness (QED) is 0.388. The van der Waals surface area contributed by atoms with E-state index in [0.29, 0.717) is 37.7 Å². The monoisotopic (exact) mass is 492 g/mol. The minimum atomic E-state index is -0.720. The third-order valence-electron chi connectivity index (χ3n) is 5.41. The fourth-order valence-electron chi connectivity index (χ4n) is 3.88. The number of carbonyl (C=O) groups excluding carboxylic acids is 2. The van der Waals surface area contributed by atoms with Crippen molar-refractivity contribution in [2.45, 2.75) is 26.8 Å². The molecule has 0 fully saturated rings. The van der Waals surface area contributed by atoms with Crippen LogP contribution in [0.2, 0.25) is 0 Å². The number of nitrogens with zero attached hydrogens (tertiary/aromatic N) is 2. The summed E-state index contributed by atoms with van der Waals surface area (Å²) in [4.78, 5) is 43.1. The first-order valence-corrected chi connectivity index (χ1v) is 11.8. The largest absolute Gasteiger partial charge is 0.497 e. The normalized spacial score (nSPS) is 15.3. The fourth-order valence-corrected chi connectivity index (χ4v) is 4.92. The number of para-hydroxylation sites is 1. The van der Waals surface area contributed by atoms with Gasteiger partial charge >= 0.3 is 11.9 Å². The minimum Gasteiger partial charge on any atom is -0.497 e. The number of allylic oxidation sites excluding steroid dienone is 1. The number of methoxy groups -OCH3 is 1. The molecule has 0 saturated carbocycles. The molecule has 0 amide bonds. The van der Waals surface area contributed by atoms with Crippen LogP contribution in [-0.4, -0.2) is 30.2 Å². The highest BCUT2D eigenvalue weighted by Crippen LogP contribution is 2.31. The highest BCUT2D eigenvalue weighted by Gasteiger charge is 2.33. The lowest BCUT2D eigenvalue weighted by molar-refractivity contribution is -0.139. The lowest BCUT2D eigenvalue weighted by atomic mass is 9.96. The van der Waals surface area contributed by atoms with Crippen molar-refractivity contribution in [1.82, 2.24) is 4.57 Å². The van der Waals surface area contributed by atoms with Crippen molar-refractivity contribution >= 4 is 29.4 Å². The summed E-state index contributed by atoms with van der Waals surface area (Å²) in [5.74, 6) is 0.0214. The SMILES string of the molecule is CCOC(=O)C1=C(C)N=c2sc(=Cc3ccccc3OC(C)=O)c(=O)n2[C@@H]1c1ccc(OC)cc1. The molecule has 0 aliphatic carbocycles. The standard InChI is InChI=1S/C26H24N2O6S/c1-5-33-25(31)22-15(2)27-26-28(23(22)17-10-12-19(32-4)13-11-17)24(30)21(35-26)14-18-8-6-7-9-20(18)34-16(3)29/h6-14,23H,5H2,1-4H3/t23-/m1/s1. The topological polar surface area (TPSA) is 96.2 Å². The van der Waals surface area contributed by atoms with Gasteiger partial charge in [0.15, 0.2) is 4.80 Å². The van der Waals surface area contributed by atoms with Gasteiger partial charge in [-0.15, -0.1) is 0 Å². The number of thiazole rings is 1. The molecule has 180 valence electrons. The van der Waals surface area contributed by atoms with Crippen molar-refractivity contribution in [1.29, 1.82) is 0 Å². The van der Waals surface area contributed by atoms with Crippen molar-refractivity contribution in [2.24, 2.45) is 4.99 Å². The Morgan fingerprint density at radius 3 is 2.51 bits per heavy atom. The first kappa shape index (κ1) is 24.2. The van der Waals surface area contributed by atoms with E-state index in [0.717, 1.165) is 5.56 Å². The van der Waals surface area contributed by atoms with Crippen LogP contribution < -0.4 is 24.4 Å². The molecule has 1 aliphatic heterocycles. The number of hydrogen-bond donors (Lipinski definition) is 0. The molecule has 9 heteroatoms. The number of benzene rings is 2. The average Bonchev–Trinajstić information content (AvgIpc) is 3.13. The van der Waals surface area contributed by atoms with Gasteiger partial charge in [0.25, 0.3) is 5.56 Å². The van der Waals surface area contributed by atoms with Crippen molar-refractivity contribution in [2.75, 3.05) is 13.7 Å². The molecule has 8 nitrogen and oxygen atoms in total. The molecule has 2 aromatic carbocycles. The van der Waals surface area contributed by atoms with Crippen molar-refractivity contribution in [3.63, 3.8) is 0 Å². The Bertz CT molecular complexity index is 1500. The molecule has 0 N–H and O–H groups in total. The van der Waals surface area contributed by atoms with Gasteiger partial charge in [-0.3, -0.25) is 14.2 Å². The van der Waals surface area contributed by atoms with Crippen LogP contribution >= 0.6 is 11.3 Å². The summed E-state index contributed by atoms with van der Waals surface area (Å²) in [5, 5.41) is 0. The maximum absolute atomic E-state index is 13.7. The van der Waals surface area contributed by atoms with E-state index in [1.165, 1.54) is 22.8 Å². The van der Waals surface area contributed by atoms with E-state index >= 15 is 0 Å². The average molecular weight is 493 g/mol. The highest BCUT2D eigenvalue weighted by atomic mass is 32.1. The molecule has 0 spiro atoms. The number of carbonyl (C=O) groups is 2. The Kier molecular flexibility index (Phi) is 6.97. The summed E-state index contributed by atoms with van der Waals surface area (Å²) < 4.78 is 17.8. The number of fused-ring (bicyclic) bond motifs is 1. The van der Waals surface area contributed by atoms with E-state index in [2.05, 4.69) is 4.99 Å².